The van der Waals surface area contributed by atoms with Gasteiger partial charge in [-0.15, -0.1) is 0 Å². The van der Waals surface area contributed by atoms with E-state index in [2.05, 4.69) is 28.2 Å². The summed E-state index contributed by atoms with van der Waals surface area (Å²) in [7, 11) is 0. The highest BCUT2D eigenvalue weighted by Crippen LogP contribution is 2.30. The number of ether oxygens (including phenoxy) is 1. The quantitative estimate of drug-likeness (QED) is 0.813. The minimum Gasteiger partial charge on any atom is -0.381 e. The Morgan fingerprint density at radius 3 is 2.44 bits per heavy atom. The Kier molecular flexibility index (Phi) is 5.07. The molecule has 0 aromatic rings. The van der Waals surface area contributed by atoms with Gasteiger partial charge in [-0.2, -0.15) is 0 Å². The predicted molar refractivity (Wildman–Crippen MR) is 75.8 cm³/mol. The first kappa shape index (κ1) is 14.3. The van der Waals surface area contributed by atoms with Gasteiger partial charge in [-0.25, -0.2) is 0 Å². The van der Waals surface area contributed by atoms with E-state index in [1.165, 1.54) is 12.8 Å². The molecule has 1 heterocycles. The lowest BCUT2D eigenvalue weighted by molar-refractivity contribution is -0.129. The fourth-order valence-electron chi connectivity index (χ4n) is 2.94. The van der Waals surface area contributed by atoms with Crippen molar-refractivity contribution in [3.8, 4) is 0 Å². The number of halogens is 1. The van der Waals surface area contributed by atoms with E-state index < -0.39 is 0 Å². The van der Waals surface area contributed by atoms with Crippen molar-refractivity contribution in [2.24, 2.45) is 11.8 Å². The first-order valence-electron chi connectivity index (χ1n) is 7.11. The zero-order chi connectivity index (χ0) is 13.0. The van der Waals surface area contributed by atoms with E-state index in [4.69, 9.17) is 4.74 Å². The summed E-state index contributed by atoms with van der Waals surface area (Å²) < 4.78 is 5.40. The Morgan fingerprint density at radius 1 is 1.28 bits per heavy atom. The summed E-state index contributed by atoms with van der Waals surface area (Å²) >= 11 is 3.56. The third-order valence-corrected chi connectivity index (χ3v) is 5.55. The van der Waals surface area contributed by atoms with Crippen LogP contribution in [0, 0.1) is 11.8 Å². The highest BCUT2D eigenvalue weighted by molar-refractivity contribution is 9.09. The van der Waals surface area contributed by atoms with Crippen LogP contribution in [0.5, 0.6) is 0 Å². The number of nitrogens with one attached hydrogen (secondary N) is 1. The topological polar surface area (TPSA) is 38.3 Å². The van der Waals surface area contributed by atoms with Crippen LogP contribution in [0.2, 0.25) is 0 Å². The van der Waals surface area contributed by atoms with Crippen LogP contribution in [0.3, 0.4) is 0 Å². The summed E-state index contributed by atoms with van der Waals surface area (Å²) in [6, 6.07) is 0. The van der Waals surface area contributed by atoms with E-state index in [0.717, 1.165) is 50.1 Å². The van der Waals surface area contributed by atoms with Gasteiger partial charge < -0.3 is 10.1 Å². The van der Waals surface area contributed by atoms with Gasteiger partial charge in [0.05, 0.1) is 5.54 Å². The van der Waals surface area contributed by atoms with Gasteiger partial charge in [0.15, 0.2) is 0 Å². The molecule has 4 heteroatoms. The maximum Gasteiger partial charge on any atom is 0.223 e. The lowest BCUT2D eigenvalue weighted by Crippen LogP contribution is -2.55. The van der Waals surface area contributed by atoms with E-state index in [1.54, 1.807) is 0 Å². The smallest absolute Gasteiger partial charge is 0.223 e. The van der Waals surface area contributed by atoms with E-state index in [-0.39, 0.29) is 17.4 Å². The van der Waals surface area contributed by atoms with E-state index >= 15 is 0 Å². The molecule has 0 spiro atoms. The fourth-order valence-corrected chi connectivity index (χ4v) is 3.64. The molecule has 1 aliphatic heterocycles. The van der Waals surface area contributed by atoms with Gasteiger partial charge >= 0.3 is 0 Å². The second kappa shape index (κ2) is 6.38. The number of rotatable bonds is 3. The molecule has 0 bridgehead atoms. The largest absolute Gasteiger partial charge is 0.381 e. The molecule has 0 radical (unpaired) electrons. The molecular formula is C14H24BrNO2. The van der Waals surface area contributed by atoms with Crippen molar-refractivity contribution >= 4 is 21.8 Å². The Morgan fingerprint density at radius 2 is 1.89 bits per heavy atom. The average molecular weight is 318 g/mol. The zero-order valence-corrected chi connectivity index (χ0v) is 12.8. The molecule has 2 fully saturated rings. The Labute approximate surface area is 118 Å². The Hall–Kier alpha value is -0.0900. The summed E-state index contributed by atoms with van der Waals surface area (Å²) in [4.78, 5) is 12.4. The molecule has 1 saturated heterocycles. The van der Waals surface area contributed by atoms with Crippen molar-refractivity contribution in [1.82, 2.24) is 5.32 Å². The SMILES string of the molecule is CC1CCC(C(=O)NC2(CBr)CCOCC2)CC1. The monoisotopic (exact) mass is 317 g/mol. The normalized spacial score (nSPS) is 31.9. The molecule has 0 atom stereocenters. The summed E-state index contributed by atoms with van der Waals surface area (Å²) in [6.07, 6.45) is 6.36. The highest BCUT2D eigenvalue weighted by Gasteiger charge is 2.35. The maximum absolute atomic E-state index is 12.4. The van der Waals surface area contributed by atoms with Crippen LogP contribution in [-0.2, 0) is 9.53 Å². The third-order valence-electron chi connectivity index (χ3n) is 4.48. The lowest BCUT2D eigenvalue weighted by Gasteiger charge is -2.38. The Balaban J connectivity index is 1.89. The molecule has 1 amide bonds. The van der Waals surface area contributed by atoms with Crippen molar-refractivity contribution in [1.29, 1.82) is 0 Å². The van der Waals surface area contributed by atoms with Crippen LogP contribution in [0.1, 0.15) is 45.4 Å². The molecule has 2 aliphatic rings. The van der Waals surface area contributed by atoms with Crippen LogP contribution in [0.15, 0.2) is 0 Å². The van der Waals surface area contributed by atoms with Crippen molar-refractivity contribution in [2.75, 3.05) is 18.5 Å². The molecule has 1 saturated carbocycles. The molecule has 0 unspecified atom stereocenters. The fraction of sp³-hybridized carbons (Fsp3) is 0.929. The van der Waals surface area contributed by atoms with Crippen molar-refractivity contribution < 1.29 is 9.53 Å². The second-order valence-electron chi connectivity index (χ2n) is 5.97. The minimum absolute atomic E-state index is 0.0710. The van der Waals surface area contributed by atoms with Crippen molar-refractivity contribution in [2.45, 2.75) is 51.0 Å². The summed E-state index contributed by atoms with van der Waals surface area (Å²) in [6.45, 7) is 3.80. The molecule has 0 aromatic carbocycles. The third kappa shape index (κ3) is 3.47. The van der Waals surface area contributed by atoms with Gasteiger partial charge in [0.25, 0.3) is 0 Å². The van der Waals surface area contributed by atoms with Crippen LogP contribution >= 0.6 is 15.9 Å². The molecule has 1 N–H and O–H groups in total. The van der Waals surface area contributed by atoms with Gasteiger partial charge in [0.2, 0.25) is 5.91 Å². The number of amides is 1. The number of alkyl halides is 1. The van der Waals surface area contributed by atoms with Gasteiger partial charge in [-0.3, -0.25) is 4.79 Å². The predicted octanol–water partition coefficient (Wildman–Crippen LogP) is 2.87. The highest BCUT2D eigenvalue weighted by atomic mass is 79.9. The van der Waals surface area contributed by atoms with Crippen LogP contribution in [-0.4, -0.2) is 30.0 Å². The van der Waals surface area contributed by atoms with Crippen molar-refractivity contribution in [3.63, 3.8) is 0 Å². The summed E-state index contributed by atoms with van der Waals surface area (Å²) in [5.41, 5.74) is -0.0710. The number of carbonyl (C=O) groups is 1. The zero-order valence-electron chi connectivity index (χ0n) is 11.2. The second-order valence-corrected chi connectivity index (χ2v) is 6.53. The van der Waals surface area contributed by atoms with Gasteiger partial charge in [0.1, 0.15) is 0 Å². The molecule has 18 heavy (non-hydrogen) atoms. The lowest BCUT2D eigenvalue weighted by atomic mass is 9.81. The van der Waals surface area contributed by atoms with Crippen LogP contribution in [0.4, 0.5) is 0 Å². The minimum atomic E-state index is -0.0710. The maximum atomic E-state index is 12.4. The van der Waals surface area contributed by atoms with E-state index in [1.807, 2.05) is 0 Å². The first-order valence-corrected chi connectivity index (χ1v) is 8.23. The summed E-state index contributed by atoms with van der Waals surface area (Å²) in [5, 5.41) is 4.13. The molecular weight excluding hydrogens is 294 g/mol. The van der Waals surface area contributed by atoms with Gasteiger partial charge in [-0.05, 0) is 44.4 Å². The average Bonchev–Trinajstić information content (AvgIpc) is 2.40. The molecule has 1 aliphatic carbocycles. The standard InChI is InChI=1S/C14H24BrNO2/c1-11-2-4-12(5-3-11)13(17)16-14(10-15)6-8-18-9-7-14/h11-12H,2-10H2,1H3,(H,16,17). The van der Waals surface area contributed by atoms with Gasteiger partial charge in [-0.1, -0.05) is 22.9 Å². The van der Waals surface area contributed by atoms with Crippen LogP contribution < -0.4 is 5.32 Å². The van der Waals surface area contributed by atoms with Crippen LogP contribution in [0.25, 0.3) is 0 Å². The molecule has 3 nitrogen and oxygen atoms in total. The number of carbonyl (C=O) groups excluding carboxylic acids is 1. The van der Waals surface area contributed by atoms with E-state index in [0.29, 0.717) is 0 Å². The van der Waals surface area contributed by atoms with Crippen molar-refractivity contribution in [3.05, 3.63) is 0 Å². The first-order chi connectivity index (χ1) is 8.65. The van der Waals surface area contributed by atoms with Gasteiger partial charge in [0, 0.05) is 24.5 Å². The van der Waals surface area contributed by atoms with E-state index in [9.17, 15) is 4.79 Å². The number of hydrogen-bond acceptors (Lipinski definition) is 2. The molecule has 104 valence electrons. The Bertz CT molecular complexity index is 282. The molecule has 2 rings (SSSR count). The summed E-state index contributed by atoms with van der Waals surface area (Å²) in [5.74, 6) is 1.30. The number of hydrogen-bond donors (Lipinski definition) is 1. The molecule has 0 aromatic heterocycles.